The van der Waals surface area contributed by atoms with Crippen molar-refractivity contribution in [2.24, 2.45) is 7.05 Å². The number of fused-ring (bicyclic) bond motifs is 1. The number of anilines is 2. The molecule has 0 aliphatic carbocycles. The zero-order valence-corrected chi connectivity index (χ0v) is 25.5. The summed E-state index contributed by atoms with van der Waals surface area (Å²) in [5.74, 6) is -0.0324. The smallest absolute Gasteiger partial charge is 0.285 e. The Labute approximate surface area is 249 Å². The summed E-state index contributed by atoms with van der Waals surface area (Å²) >= 11 is 6.03. The van der Waals surface area contributed by atoms with Crippen LogP contribution in [0.3, 0.4) is 0 Å². The molecule has 5 rings (SSSR count). The lowest BCUT2D eigenvalue weighted by molar-refractivity contribution is 0.0977. The van der Waals surface area contributed by atoms with Crippen molar-refractivity contribution in [1.82, 2.24) is 19.3 Å². The van der Waals surface area contributed by atoms with Gasteiger partial charge in [-0.15, -0.1) is 0 Å². The van der Waals surface area contributed by atoms with Gasteiger partial charge < -0.3 is 10.2 Å². The van der Waals surface area contributed by atoms with Crippen molar-refractivity contribution in [1.29, 1.82) is 0 Å². The fourth-order valence-corrected chi connectivity index (χ4v) is 6.13. The summed E-state index contributed by atoms with van der Waals surface area (Å²) in [6.07, 6.45) is 2.62. The van der Waals surface area contributed by atoms with Crippen molar-refractivity contribution in [3.63, 3.8) is 0 Å². The second kappa shape index (κ2) is 11.7. The molecule has 4 aromatic rings. The van der Waals surface area contributed by atoms with Gasteiger partial charge in [-0.05, 0) is 62.6 Å². The second-order valence-corrected chi connectivity index (χ2v) is 12.9. The van der Waals surface area contributed by atoms with Crippen LogP contribution in [0.1, 0.15) is 59.2 Å². The first-order valence-corrected chi connectivity index (χ1v) is 15.9. The third kappa shape index (κ3) is 6.27. The molecule has 1 aliphatic rings. The lowest BCUT2D eigenvalue weighted by Gasteiger charge is -2.34. The molecular formula is C30H33ClN6O4S. The van der Waals surface area contributed by atoms with E-state index in [4.69, 9.17) is 16.6 Å². The van der Waals surface area contributed by atoms with E-state index in [0.29, 0.717) is 16.6 Å². The molecule has 0 radical (unpaired) electrons. The zero-order valence-electron chi connectivity index (χ0n) is 23.9. The monoisotopic (exact) mass is 608 g/mol. The molecule has 0 bridgehead atoms. The summed E-state index contributed by atoms with van der Waals surface area (Å²) in [5.41, 5.74) is 3.46. The van der Waals surface area contributed by atoms with Gasteiger partial charge in [0, 0.05) is 37.3 Å². The molecule has 1 aliphatic heterocycles. The molecule has 2 aromatic heterocycles. The average molecular weight is 609 g/mol. The largest absolute Gasteiger partial charge is 0.377 e. The number of hydrogen-bond donors (Lipinski definition) is 2. The van der Waals surface area contributed by atoms with E-state index in [1.807, 2.05) is 48.9 Å². The van der Waals surface area contributed by atoms with Crippen LogP contribution in [-0.2, 0) is 17.1 Å². The Kier molecular flexibility index (Phi) is 8.25. The Morgan fingerprint density at radius 2 is 1.76 bits per heavy atom. The van der Waals surface area contributed by atoms with Crippen molar-refractivity contribution < 1.29 is 13.2 Å². The molecule has 12 heteroatoms. The molecule has 0 unspecified atom stereocenters. The molecule has 1 atom stereocenters. The maximum Gasteiger partial charge on any atom is 0.285 e. The van der Waals surface area contributed by atoms with E-state index in [9.17, 15) is 18.0 Å². The molecule has 3 heterocycles. The maximum atomic E-state index is 13.6. The number of rotatable bonds is 7. The molecule has 0 spiro atoms. The molecule has 1 fully saturated rings. The summed E-state index contributed by atoms with van der Waals surface area (Å²) in [7, 11) is -2.04. The van der Waals surface area contributed by atoms with Crippen LogP contribution in [0.15, 0.2) is 59.4 Å². The molecule has 1 amide bonds. The average Bonchev–Trinajstić information content (AvgIpc) is 2.95. The minimum Gasteiger partial charge on any atom is -0.377 e. The number of hydrogen-bond acceptors (Lipinski definition) is 8. The van der Waals surface area contributed by atoms with Crippen LogP contribution in [-0.4, -0.2) is 48.2 Å². The van der Waals surface area contributed by atoms with E-state index in [0.717, 1.165) is 49.1 Å². The fraction of sp³-hybridized carbons (Fsp3) is 0.333. The topological polar surface area (TPSA) is 126 Å². The predicted molar refractivity (Wildman–Crippen MR) is 166 cm³/mol. The number of amides is 1. The van der Waals surface area contributed by atoms with Gasteiger partial charge in [-0.25, -0.2) is 23.1 Å². The second-order valence-electron chi connectivity index (χ2n) is 10.8. The lowest BCUT2D eigenvalue weighted by atomic mass is 9.94. The van der Waals surface area contributed by atoms with Crippen LogP contribution in [0.5, 0.6) is 0 Å². The third-order valence-corrected chi connectivity index (χ3v) is 8.33. The fourth-order valence-electron chi connectivity index (χ4n) is 5.55. The first-order chi connectivity index (χ1) is 19.9. The number of nitrogens with one attached hydrogen (secondary N) is 2. The Hall–Kier alpha value is -3.96. The van der Waals surface area contributed by atoms with Gasteiger partial charge in [0.25, 0.3) is 11.5 Å². The predicted octanol–water partition coefficient (Wildman–Crippen LogP) is 4.54. The van der Waals surface area contributed by atoms with Crippen molar-refractivity contribution >= 4 is 49.8 Å². The van der Waals surface area contributed by atoms with E-state index >= 15 is 0 Å². The van der Waals surface area contributed by atoms with Gasteiger partial charge in [0.1, 0.15) is 11.0 Å². The molecule has 0 saturated carbocycles. The molecule has 2 aromatic carbocycles. The summed E-state index contributed by atoms with van der Waals surface area (Å²) in [4.78, 5) is 37.9. The Morgan fingerprint density at radius 1 is 1.07 bits per heavy atom. The maximum absolute atomic E-state index is 13.6. The molecule has 2 N–H and O–H groups in total. The van der Waals surface area contributed by atoms with Crippen molar-refractivity contribution in [2.75, 3.05) is 29.6 Å². The molecular weight excluding hydrogens is 576 g/mol. The zero-order chi connectivity index (χ0) is 30.2. The molecule has 220 valence electrons. The summed E-state index contributed by atoms with van der Waals surface area (Å²) in [5, 5.41) is 3.82. The SMILES string of the molecule is Cc1cc([C@@H](C)Nc2ccc(Cl)nc2C(=O)NS(C)(=O)=O)c2nc(C3CCN(c4ccccc4)CC3)n(C)c(=O)c2c1. The number of nitrogens with zero attached hydrogens (tertiary/aromatic N) is 4. The van der Waals surface area contributed by atoms with Gasteiger partial charge in [-0.2, -0.15) is 0 Å². The number of pyridine rings is 1. The normalized spacial score (nSPS) is 15.0. The standard InChI is InChI=1S/C30H33ClN6O4S/c1-18-16-22(19(2)32-24-10-11-25(31)33-27(24)29(38)35-42(4,40)41)26-23(17-18)30(39)36(3)28(34-26)20-12-14-37(15-13-20)21-8-6-5-7-9-21/h5-11,16-17,19-20,32H,12-15H2,1-4H3,(H,35,38)/t19-/m1/s1. The highest BCUT2D eigenvalue weighted by molar-refractivity contribution is 7.89. The lowest BCUT2D eigenvalue weighted by Crippen LogP contribution is -2.35. The molecule has 42 heavy (non-hydrogen) atoms. The van der Waals surface area contributed by atoms with Crippen LogP contribution in [0.25, 0.3) is 10.9 Å². The highest BCUT2D eigenvalue weighted by Crippen LogP contribution is 2.32. The highest BCUT2D eigenvalue weighted by Gasteiger charge is 2.26. The van der Waals surface area contributed by atoms with Crippen LogP contribution < -0.4 is 20.5 Å². The number of sulfonamides is 1. The number of carbonyl (C=O) groups is 1. The van der Waals surface area contributed by atoms with Gasteiger partial charge in [0.2, 0.25) is 10.0 Å². The minimum absolute atomic E-state index is 0.0426. The third-order valence-electron chi connectivity index (χ3n) is 7.56. The van der Waals surface area contributed by atoms with Crippen molar-refractivity contribution in [3.8, 4) is 0 Å². The van der Waals surface area contributed by atoms with Gasteiger partial charge in [0.05, 0.1) is 28.9 Å². The number of halogens is 1. The van der Waals surface area contributed by atoms with Crippen LogP contribution >= 0.6 is 11.6 Å². The van der Waals surface area contributed by atoms with E-state index < -0.39 is 22.0 Å². The highest BCUT2D eigenvalue weighted by atomic mass is 35.5. The van der Waals surface area contributed by atoms with E-state index in [2.05, 4.69) is 27.3 Å². The van der Waals surface area contributed by atoms with Crippen LogP contribution in [0.4, 0.5) is 11.4 Å². The van der Waals surface area contributed by atoms with E-state index in [1.165, 1.54) is 11.8 Å². The summed E-state index contributed by atoms with van der Waals surface area (Å²) < 4.78 is 27.0. The Morgan fingerprint density at radius 3 is 2.43 bits per heavy atom. The van der Waals surface area contributed by atoms with Crippen molar-refractivity contribution in [3.05, 3.63) is 92.7 Å². The van der Waals surface area contributed by atoms with Crippen LogP contribution in [0, 0.1) is 6.92 Å². The number of aromatic nitrogens is 3. The number of piperidine rings is 1. The Balaban J connectivity index is 1.49. The van der Waals surface area contributed by atoms with E-state index in [1.54, 1.807) is 17.7 Å². The number of aryl methyl sites for hydroxylation is 1. The number of carbonyl (C=O) groups excluding carboxylic acids is 1. The van der Waals surface area contributed by atoms with Gasteiger partial charge in [-0.1, -0.05) is 35.9 Å². The van der Waals surface area contributed by atoms with E-state index in [-0.39, 0.29) is 22.3 Å². The summed E-state index contributed by atoms with van der Waals surface area (Å²) in [6.45, 7) is 5.53. The molecule has 1 saturated heterocycles. The first kappa shape index (κ1) is 29.5. The number of benzene rings is 2. The van der Waals surface area contributed by atoms with Crippen molar-refractivity contribution in [2.45, 2.75) is 38.6 Å². The van der Waals surface area contributed by atoms with Gasteiger partial charge in [-0.3, -0.25) is 14.2 Å². The summed E-state index contributed by atoms with van der Waals surface area (Å²) in [6, 6.07) is 16.8. The number of para-hydroxylation sites is 1. The van der Waals surface area contributed by atoms with Gasteiger partial charge >= 0.3 is 0 Å². The Bertz CT molecular complexity index is 1820. The minimum atomic E-state index is -3.82. The molecule has 10 nitrogen and oxygen atoms in total. The van der Waals surface area contributed by atoms with Crippen LogP contribution in [0.2, 0.25) is 5.15 Å². The quantitative estimate of drug-likeness (QED) is 0.293. The van der Waals surface area contributed by atoms with Gasteiger partial charge in [0.15, 0.2) is 5.69 Å². The first-order valence-electron chi connectivity index (χ1n) is 13.7.